The highest BCUT2D eigenvalue weighted by molar-refractivity contribution is 6.60. The fourth-order valence-corrected chi connectivity index (χ4v) is 3.85. The van der Waals surface area contributed by atoms with Crippen LogP contribution < -0.4 is 0 Å². The van der Waals surface area contributed by atoms with Crippen molar-refractivity contribution in [3.05, 3.63) is 0 Å². The van der Waals surface area contributed by atoms with E-state index in [4.69, 9.17) is 18.4 Å². The topological polar surface area (TPSA) is 85.2 Å². The Kier molecular flexibility index (Phi) is 2.36. The zero-order valence-electron chi connectivity index (χ0n) is 7.67. The number of aliphatic carboxylic acids is 1. The Balaban J connectivity index is 2.22. The van der Waals surface area contributed by atoms with E-state index in [2.05, 4.69) is 0 Å². The summed E-state index contributed by atoms with van der Waals surface area (Å²) in [6, 6.07) is 0. The van der Waals surface area contributed by atoms with Crippen molar-refractivity contribution in [2.24, 2.45) is 0 Å². The van der Waals surface area contributed by atoms with Gasteiger partial charge in [-0.2, -0.15) is 0 Å². The lowest BCUT2D eigenvalue weighted by Crippen LogP contribution is -2.41. The first-order chi connectivity index (χ1) is 6.52. The quantitative estimate of drug-likeness (QED) is 0.563. The average Bonchev–Trinajstić information content (AvgIpc) is 2.36. The number of hydrogen-bond acceptors (Lipinski definition) is 5. The van der Waals surface area contributed by atoms with Gasteiger partial charge in [-0.05, 0) is 6.42 Å². The van der Waals surface area contributed by atoms with Gasteiger partial charge in [-0.15, -0.1) is 0 Å². The minimum Gasteiger partial charge on any atom is -0.479 e. The summed E-state index contributed by atoms with van der Waals surface area (Å²) < 4.78 is 15.9. The highest BCUT2D eigenvalue weighted by Crippen LogP contribution is 2.32. The van der Waals surface area contributed by atoms with Crippen LogP contribution in [0.15, 0.2) is 0 Å². The van der Waals surface area contributed by atoms with E-state index in [1.54, 1.807) is 6.55 Å². The number of hydrogen-bond donors (Lipinski definition) is 2. The van der Waals surface area contributed by atoms with E-state index >= 15 is 0 Å². The van der Waals surface area contributed by atoms with Crippen LogP contribution in [0.2, 0.25) is 6.55 Å². The molecule has 2 fully saturated rings. The molecular weight excluding hydrogens is 208 g/mol. The van der Waals surface area contributed by atoms with Gasteiger partial charge < -0.3 is 23.5 Å². The predicted octanol–water partition coefficient (Wildman–Crippen LogP) is -0.795. The first-order valence-electron chi connectivity index (χ1n) is 4.42. The van der Waals surface area contributed by atoms with Crippen LogP contribution in [0.1, 0.15) is 6.42 Å². The molecule has 0 aliphatic carbocycles. The standard InChI is InChI=1S/C7H12O6Si/c1-14-11-3-2-4(8)5(12-14)6(13-14)7(9)10/h4-6,8H,2-3H2,1H3,(H,9,10). The van der Waals surface area contributed by atoms with Crippen LogP contribution >= 0.6 is 0 Å². The molecule has 7 heteroatoms. The van der Waals surface area contributed by atoms with Gasteiger partial charge in [-0.25, -0.2) is 4.79 Å². The van der Waals surface area contributed by atoms with Gasteiger partial charge in [0.2, 0.25) is 0 Å². The Morgan fingerprint density at radius 3 is 2.86 bits per heavy atom. The summed E-state index contributed by atoms with van der Waals surface area (Å²) in [7, 11) is -2.80. The van der Waals surface area contributed by atoms with Crippen LogP contribution in [0.4, 0.5) is 0 Å². The van der Waals surface area contributed by atoms with E-state index < -0.39 is 33.1 Å². The van der Waals surface area contributed by atoms with Crippen LogP contribution in [-0.4, -0.2) is 49.9 Å². The fourth-order valence-electron chi connectivity index (χ4n) is 1.70. The molecule has 0 saturated carbocycles. The molecule has 2 aliphatic heterocycles. The lowest BCUT2D eigenvalue weighted by atomic mass is 10.1. The van der Waals surface area contributed by atoms with Gasteiger partial charge >= 0.3 is 14.8 Å². The lowest BCUT2D eigenvalue weighted by molar-refractivity contribution is -0.149. The van der Waals surface area contributed by atoms with Crippen LogP contribution in [0.3, 0.4) is 0 Å². The van der Waals surface area contributed by atoms with Crippen molar-refractivity contribution in [2.75, 3.05) is 6.61 Å². The van der Waals surface area contributed by atoms with Crippen molar-refractivity contribution < 1.29 is 28.3 Å². The summed E-state index contributed by atoms with van der Waals surface area (Å²) in [5, 5.41) is 18.4. The Morgan fingerprint density at radius 1 is 1.50 bits per heavy atom. The van der Waals surface area contributed by atoms with Gasteiger partial charge in [0.15, 0.2) is 6.10 Å². The van der Waals surface area contributed by atoms with Crippen molar-refractivity contribution in [3.8, 4) is 0 Å². The van der Waals surface area contributed by atoms with E-state index in [0.29, 0.717) is 13.0 Å². The molecule has 0 aromatic carbocycles. The van der Waals surface area contributed by atoms with Gasteiger partial charge in [0.1, 0.15) is 6.10 Å². The molecule has 2 aliphatic rings. The summed E-state index contributed by atoms with van der Waals surface area (Å²) in [6.45, 7) is 1.99. The van der Waals surface area contributed by atoms with Gasteiger partial charge in [-0.3, -0.25) is 0 Å². The van der Waals surface area contributed by atoms with Crippen molar-refractivity contribution in [3.63, 3.8) is 0 Å². The number of carboxylic acid groups (broad SMARTS) is 1. The maximum Gasteiger partial charge on any atom is 0.498 e. The van der Waals surface area contributed by atoms with E-state index in [0.717, 1.165) is 0 Å². The van der Waals surface area contributed by atoms with Crippen molar-refractivity contribution in [2.45, 2.75) is 31.3 Å². The Hall–Kier alpha value is -0.473. The molecule has 0 amide bonds. The summed E-state index contributed by atoms with van der Waals surface area (Å²) in [6.07, 6.45) is -2.32. The second kappa shape index (κ2) is 3.28. The smallest absolute Gasteiger partial charge is 0.479 e. The third-order valence-corrected chi connectivity index (χ3v) is 4.50. The minimum absolute atomic E-state index is 0.354. The van der Waals surface area contributed by atoms with Gasteiger partial charge in [0, 0.05) is 13.2 Å². The molecule has 14 heavy (non-hydrogen) atoms. The SMILES string of the molecule is C[Si]12OCCC(O)C(O1)C(C(=O)O)O2. The van der Waals surface area contributed by atoms with Crippen molar-refractivity contribution in [1.29, 1.82) is 0 Å². The van der Waals surface area contributed by atoms with E-state index in [-0.39, 0.29) is 0 Å². The predicted molar refractivity (Wildman–Crippen MR) is 45.6 cm³/mol. The molecule has 0 spiro atoms. The summed E-state index contributed by atoms with van der Waals surface area (Å²) in [5.41, 5.74) is 0. The van der Waals surface area contributed by atoms with Crippen LogP contribution in [0.5, 0.6) is 0 Å². The second-order valence-corrected chi connectivity index (χ2v) is 6.01. The monoisotopic (exact) mass is 220 g/mol. The van der Waals surface area contributed by atoms with Crippen LogP contribution in [0, 0.1) is 0 Å². The average molecular weight is 220 g/mol. The first-order valence-corrected chi connectivity index (χ1v) is 6.65. The number of carboxylic acids is 1. The minimum atomic E-state index is -2.80. The largest absolute Gasteiger partial charge is 0.498 e. The highest BCUT2D eigenvalue weighted by Gasteiger charge is 2.56. The second-order valence-electron chi connectivity index (χ2n) is 3.53. The molecule has 2 N–H and O–H groups in total. The summed E-state index contributed by atoms with van der Waals surface area (Å²) in [4.78, 5) is 10.8. The normalized spacial score (nSPS) is 47.4. The Labute approximate surface area is 81.8 Å². The van der Waals surface area contributed by atoms with E-state index in [1.165, 1.54) is 0 Å². The van der Waals surface area contributed by atoms with Gasteiger partial charge in [0.25, 0.3) is 0 Å². The number of aliphatic hydroxyl groups is 1. The van der Waals surface area contributed by atoms with Crippen LogP contribution in [-0.2, 0) is 18.1 Å². The number of carbonyl (C=O) groups is 1. The number of aliphatic hydroxyl groups excluding tert-OH is 1. The number of fused-ring (bicyclic) bond motifs is 2. The third kappa shape index (κ3) is 1.57. The summed E-state index contributed by atoms with van der Waals surface area (Å²) >= 11 is 0. The number of rotatable bonds is 1. The molecule has 2 bridgehead atoms. The molecule has 4 unspecified atom stereocenters. The molecule has 0 radical (unpaired) electrons. The van der Waals surface area contributed by atoms with Gasteiger partial charge in [0.05, 0.1) is 6.10 Å². The van der Waals surface area contributed by atoms with Gasteiger partial charge in [-0.1, -0.05) is 0 Å². The highest BCUT2D eigenvalue weighted by atomic mass is 28.4. The van der Waals surface area contributed by atoms with Crippen molar-refractivity contribution >= 4 is 14.8 Å². The molecular formula is C7H12O6Si. The third-order valence-electron chi connectivity index (χ3n) is 2.39. The molecule has 2 saturated heterocycles. The van der Waals surface area contributed by atoms with Crippen LogP contribution in [0.25, 0.3) is 0 Å². The zero-order chi connectivity index (χ0) is 10.3. The van der Waals surface area contributed by atoms with Crippen molar-refractivity contribution in [1.82, 2.24) is 0 Å². The molecule has 0 aromatic rings. The maximum absolute atomic E-state index is 10.8. The first kappa shape index (κ1) is 10.1. The molecule has 2 rings (SSSR count). The fraction of sp³-hybridized carbons (Fsp3) is 0.857. The zero-order valence-corrected chi connectivity index (χ0v) is 8.67. The molecule has 2 heterocycles. The Bertz CT molecular complexity index is 259. The molecule has 0 aromatic heterocycles. The lowest BCUT2D eigenvalue weighted by Gasteiger charge is -2.20. The Morgan fingerprint density at radius 2 is 2.21 bits per heavy atom. The van der Waals surface area contributed by atoms with E-state index in [1.807, 2.05) is 0 Å². The summed E-state index contributed by atoms with van der Waals surface area (Å²) in [5.74, 6) is -1.12. The maximum atomic E-state index is 10.8. The molecule has 6 nitrogen and oxygen atoms in total. The molecule has 4 atom stereocenters. The van der Waals surface area contributed by atoms with E-state index in [9.17, 15) is 9.90 Å². The molecule has 80 valence electrons.